The molecule has 0 aliphatic heterocycles. The van der Waals surface area contributed by atoms with Crippen LogP contribution >= 0.6 is 0 Å². The normalized spacial score (nSPS) is 10.5. The van der Waals surface area contributed by atoms with E-state index in [1.165, 1.54) is 0 Å². The van der Waals surface area contributed by atoms with Crippen LogP contribution in [0.3, 0.4) is 0 Å². The summed E-state index contributed by atoms with van der Waals surface area (Å²) < 4.78 is 5.29. The third kappa shape index (κ3) is 2.19. The number of pyridine rings is 1. The molecule has 0 radical (unpaired) electrons. The molecule has 0 atom stereocenters. The number of carbonyl (C=O) groups excluding carboxylic acids is 1. The minimum atomic E-state index is -0.279. The number of aryl methyl sites for hydroxylation is 1. The van der Waals surface area contributed by atoms with E-state index < -0.39 is 0 Å². The van der Waals surface area contributed by atoms with Crippen LogP contribution in [0.25, 0.3) is 0 Å². The molecule has 0 unspecified atom stereocenters. The van der Waals surface area contributed by atoms with Crippen molar-refractivity contribution in [2.24, 2.45) is 5.73 Å². The van der Waals surface area contributed by atoms with Crippen LogP contribution in [0.4, 0.5) is 5.82 Å². The van der Waals surface area contributed by atoms with Crippen LogP contribution in [-0.4, -0.2) is 10.8 Å². The Morgan fingerprint density at radius 1 is 1.47 bits per heavy atom. The van der Waals surface area contributed by atoms with E-state index in [1.54, 1.807) is 24.4 Å². The lowest BCUT2D eigenvalue weighted by molar-refractivity contribution is 0.101. The minimum absolute atomic E-state index is 0.200. The zero-order valence-corrected chi connectivity index (χ0v) is 9.43. The second kappa shape index (κ2) is 4.39. The third-order valence-corrected chi connectivity index (χ3v) is 2.39. The molecule has 2 aromatic heterocycles. The fourth-order valence-electron chi connectivity index (χ4n) is 1.50. The van der Waals surface area contributed by atoms with Gasteiger partial charge in [0, 0.05) is 6.20 Å². The van der Waals surface area contributed by atoms with Gasteiger partial charge in [-0.25, -0.2) is 4.98 Å². The van der Waals surface area contributed by atoms with E-state index in [9.17, 15) is 4.79 Å². The Balaban J connectivity index is 2.39. The molecule has 88 valence electrons. The number of nitrogen functional groups attached to an aromatic ring is 1. The second-order valence-corrected chi connectivity index (χ2v) is 3.74. The zero-order valence-electron chi connectivity index (χ0n) is 9.43. The number of furan rings is 1. The maximum absolute atomic E-state index is 12.1. The molecule has 0 fully saturated rings. The Labute approximate surface area is 98.4 Å². The van der Waals surface area contributed by atoms with Gasteiger partial charge in [0.05, 0.1) is 12.1 Å². The molecule has 0 aliphatic rings. The molecule has 4 N–H and O–H groups in total. The number of hydrogen-bond donors (Lipinski definition) is 2. The summed E-state index contributed by atoms with van der Waals surface area (Å²) in [6, 6.07) is 4.95. The van der Waals surface area contributed by atoms with E-state index in [-0.39, 0.29) is 23.9 Å². The van der Waals surface area contributed by atoms with Crippen molar-refractivity contribution in [3.05, 3.63) is 47.0 Å². The van der Waals surface area contributed by atoms with Gasteiger partial charge in [0.15, 0.2) is 5.76 Å². The summed E-state index contributed by atoms with van der Waals surface area (Å²) in [5.41, 5.74) is 12.3. The van der Waals surface area contributed by atoms with Gasteiger partial charge in [0.2, 0.25) is 5.78 Å². The lowest BCUT2D eigenvalue weighted by Crippen LogP contribution is -2.06. The number of nitrogens with zero attached hydrogens (tertiary/aromatic N) is 1. The smallest absolute Gasteiger partial charge is 0.231 e. The number of nitrogens with two attached hydrogens (primary N) is 2. The van der Waals surface area contributed by atoms with Crippen molar-refractivity contribution in [1.82, 2.24) is 4.98 Å². The van der Waals surface area contributed by atoms with Gasteiger partial charge in [0.25, 0.3) is 0 Å². The Kier molecular flexibility index (Phi) is 2.93. The molecule has 2 heterocycles. The van der Waals surface area contributed by atoms with E-state index in [0.717, 1.165) is 5.56 Å². The molecule has 0 aliphatic carbocycles. The average molecular weight is 231 g/mol. The number of ketones is 1. The van der Waals surface area contributed by atoms with Crippen LogP contribution in [-0.2, 0) is 6.54 Å². The van der Waals surface area contributed by atoms with Crippen molar-refractivity contribution in [3.8, 4) is 0 Å². The molecule has 0 aromatic carbocycles. The predicted octanol–water partition coefficient (Wildman–Crippen LogP) is 1.25. The number of anilines is 1. The van der Waals surface area contributed by atoms with Crippen LogP contribution in [0.2, 0.25) is 0 Å². The summed E-state index contributed by atoms with van der Waals surface area (Å²) in [7, 11) is 0. The van der Waals surface area contributed by atoms with Crippen LogP contribution in [0.5, 0.6) is 0 Å². The number of hydrogen-bond acceptors (Lipinski definition) is 5. The molecule has 2 aromatic rings. The van der Waals surface area contributed by atoms with Crippen LogP contribution in [0.1, 0.15) is 27.4 Å². The van der Waals surface area contributed by atoms with Crippen molar-refractivity contribution in [1.29, 1.82) is 0 Å². The fourth-order valence-corrected chi connectivity index (χ4v) is 1.50. The quantitative estimate of drug-likeness (QED) is 0.775. The highest BCUT2D eigenvalue weighted by atomic mass is 16.3. The predicted molar refractivity (Wildman–Crippen MR) is 63.4 cm³/mol. The molecule has 0 bridgehead atoms. The number of carbonyl (C=O) groups is 1. The van der Waals surface area contributed by atoms with Gasteiger partial charge in [-0.05, 0) is 30.7 Å². The summed E-state index contributed by atoms with van der Waals surface area (Å²) in [5, 5.41) is 0. The monoisotopic (exact) mass is 231 g/mol. The summed E-state index contributed by atoms with van der Waals surface area (Å²) in [4.78, 5) is 16.0. The minimum Gasteiger partial charge on any atom is -0.456 e. The van der Waals surface area contributed by atoms with Crippen molar-refractivity contribution in [2.45, 2.75) is 13.5 Å². The van der Waals surface area contributed by atoms with Gasteiger partial charge in [0.1, 0.15) is 11.6 Å². The molecule has 0 saturated carbocycles. The topological polar surface area (TPSA) is 95.1 Å². The summed E-state index contributed by atoms with van der Waals surface area (Å²) in [5.74, 6) is 0.710. The summed E-state index contributed by atoms with van der Waals surface area (Å²) in [6.07, 6.45) is 1.61. The largest absolute Gasteiger partial charge is 0.456 e. The fraction of sp³-hybridized carbons (Fsp3) is 0.167. The molecular formula is C12H13N3O2. The van der Waals surface area contributed by atoms with Crippen LogP contribution in [0.15, 0.2) is 28.8 Å². The maximum atomic E-state index is 12.1. The Hall–Kier alpha value is -2.14. The Morgan fingerprint density at radius 3 is 2.88 bits per heavy atom. The molecule has 5 heteroatoms. The third-order valence-electron chi connectivity index (χ3n) is 2.39. The second-order valence-electron chi connectivity index (χ2n) is 3.74. The molecular weight excluding hydrogens is 218 g/mol. The van der Waals surface area contributed by atoms with Gasteiger partial charge in [-0.2, -0.15) is 0 Å². The van der Waals surface area contributed by atoms with Gasteiger partial charge in [-0.1, -0.05) is 0 Å². The highest BCUT2D eigenvalue weighted by Gasteiger charge is 2.17. The molecule has 17 heavy (non-hydrogen) atoms. The highest BCUT2D eigenvalue weighted by Crippen LogP contribution is 2.17. The SMILES string of the molecule is Cc1cnc(N)c(C(=O)c2ccc(CN)o2)c1. The Bertz CT molecular complexity index is 561. The summed E-state index contributed by atoms with van der Waals surface area (Å²) >= 11 is 0. The molecule has 5 nitrogen and oxygen atoms in total. The van der Waals surface area contributed by atoms with Crippen molar-refractivity contribution in [2.75, 3.05) is 5.73 Å². The molecule has 2 rings (SSSR count). The van der Waals surface area contributed by atoms with Gasteiger partial charge >= 0.3 is 0 Å². The van der Waals surface area contributed by atoms with Gasteiger partial charge in [-0.15, -0.1) is 0 Å². The van der Waals surface area contributed by atoms with Crippen molar-refractivity contribution in [3.63, 3.8) is 0 Å². The summed E-state index contributed by atoms with van der Waals surface area (Å²) in [6.45, 7) is 2.10. The lowest BCUT2D eigenvalue weighted by Gasteiger charge is -2.02. The van der Waals surface area contributed by atoms with Gasteiger partial charge in [-0.3, -0.25) is 4.79 Å². The maximum Gasteiger partial charge on any atom is 0.231 e. The number of aromatic nitrogens is 1. The first-order valence-electron chi connectivity index (χ1n) is 5.17. The molecule has 0 amide bonds. The lowest BCUT2D eigenvalue weighted by atomic mass is 10.1. The van der Waals surface area contributed by atoms with Crippen LogP contribution in [0, 0.1) is 6.92 Å². The van der Waals surface area contributed by atoms with E-state index in [0.29, 0.717) is 11.3 Å². The number of rotatable bonds is 3. The van der Waals surface area contributed by atoms with E-state index >= 15 is 0 Å². The van der Waals surface area contributed by atoms with Crippen molar-refractivity contribution >= 4 is 11.6 Å². The van der Waals surface area contributed by atoms with E-state index in [4.69, 9.17) is 15.9 Å². The van der Waals surface area contributed by atoms with Gasteiger partial charge < -0.3 is 15.9 Å². The highest BCUT2D eigenvalue weighted by molar-refractivity contribution is 6.10. The zero-order chi connectivity index (χ0) is 12.4. The van der Waals surface area contributed by atoms with E-state index in [1.807, 2.05) is 6.92 Å². The first kappa shape index (κ1) is 11.3. The molecule has 0 spiro atoms. The first-order valence-corrected chi connectivity index (χ1v) is 5.17. The van der Waals surface area contributed by atoms with E-state index in [2.05, 4.69) is 4.98 Å². The standard InChI is InChI=1S/C12H13N3O2/c1-7-4-9(12(14)15-6-7)11(16)10-3-2-8(5-13)17-10/h2-4,6H,5,13H2,1H3,(H2,14,15). The van der Waals surface area contributed by atoms with Crippen molar-refractivity contribution < 1.29 is 9.21 Å². The first-order chi connectivity index (χ1) is 8.11. The average Bonchev–Trinajstić information content (AvgIpc) is 2.80. The molecule has 0 saturated heterocycles. The Morgan fingerprint density at radius 2 is 2.24 bits per heavy atom. The van der Waals surface area contributed by atoms with Crippen LogP contribution < -0.4 is 11.5 Å².